The van der Waals surface area contributed by atoms with Gasteiger partial charge in [-0.05, 0) is 30.7 Å². The number of aromatic nitrogens is 1. The van der Waals surface area contributed by atoms with Crippen molar-refractivity contribution < 1.29 is 27.4 Å². The molecule has 5 nitrogen and oxygen atoms in total. The molecule has 0 amide bonds. The molecule has 2 heterocycles. The normalized spacial score (nSPS) is 19.0. The SMILES string of the molecule is Cc1cccnc1C(Oc1ccccc1OC(F)(F)F)[C@@H]1CNCCO1. The summed E-state index contributed by atoms with van der Waals surface area (Å²) in [6.07, 6.45) is -4.26. The molecule has 1 saturated heterocycles. The molecule has 0 spiro atoms. The number of nitrogens with zero attached hydrogens (tertiary/aromatic N) is 1. The largest absolute Gasteiger partial charge is 0.573 e. The fraction of sp³-hybridized carbons (Fsp3) is 0.389. The summed E-state index contributed by atoms with van der Waals surface area (Å²) in [4.78, 5) is 4.36. The lowest BCUT2D eigenvalue weighted by atomic mass is 10.0. The second-order valence-electron chi connectivity index (χ2n) is 5.85. The van der Waals surface area contributed by atoms with Gasteiger partial charge >= 0.3 is 6.36 Å². The van der Waals surface area contributed by atoms with Crippen molar-refractivity contribution in [1.82, 2.24) is 10.3 Å². The van der Waals surface area contributed by atoms with E-state index < -0.39 is 24.3 Å². The predicted molar refractivity (Wildman–Crippen MR) is 88.1 cm³/mol. The van der Waals surface area contributed by atoms with Gasteiger partial charge in [-0.25, -0.2) is 0 Å². The minimum absolute atomic E-state index is 0.0194. The van der Waals surface area contributed by atoms with E-state index in [4.69, 9.17) is 9.47 Å². The van der Waals surface area contributed by atoms with Gasteiger partial charge in [0.15, 0.2) is 17.6 Å². The molecule has 1 aliphatic rings. The first-order chi connectivity index (χ1) is 12.4. The number of nitrogens with one attached hydrogen (secondary N) is 1. The molecule has 2 aromatic rings. The number of pyridine rings is 1. The van der Waals surface area contributed by atoms with E-state index in [2.05, 4.69) is 15.0 Å². The molecule has 1 aliphatic heterocycles. The Morgan fingerprint density at radius 2 is 1.96 bits per heavy atom. The number of rotatable bonds is 5. The third kappa shape index (κ3) is 4.64. The van der Waals surface area contributed by atoms with Crippen molar-refractivity contribution in [3.63, 3.8) is 0 Å². The summed E-state index contributed by atoms with van der Waals surface area (Å²) in [5.74, 6) is -0.420. The van der Waals surface area contributed by atoms with Gasteiger partial charge in [0.1, 0.15) is 6.10 Å². The Balaban J connectivity index is 1.93. The Kier molecular flexibility index (Phi) is 5.63. The van der Waals surface area contributed by atoms with Gasteiger partial charge in [0.25, 0.3) is 0 Å². The van der Waals surface area contributed by atoms with Crippen LogP contribution >= 0.6 is 0 Å². The third-order valence-corrected chi connectivity index (χ3v) is 3.94. The van der Waals surface area contributed by atoms with Crippen LogP contribution in [0.15, 0.2) is 42.6 Å². The molecule has 1 aromatic carbocycles. The summed E-state index contributed by atoms with van der Waals surface area (Å²) in [6.45, 7) is 3.56. The fourth-order valence-corrected chi connectivity index (χ4v) is 2.78. The van der Waals surface area contributed by atoms with Crippen molar-refractivity contribution in [3.05, 3.63) is 53.9 Å². The maximum absolute atomic E-state index is 12.7. The number of hydrogen-bond donors (Lipinski definition) is 1. The van der Waals surface area contributed by atoms with Crippen LogP contribution in [0.3, 0.4) is 0 Å². The van der Waals surface area contributed by atoms with Crippen LogP contribution in [0.2, 0.25) is 0 Å². The van der Waals surface area contributed by atoms with Gasteiger partial charge in [-0.2, -0.15) is 0 Å². The zero-order valence-electron chi connectivity index (χ0n) is 14.1. The summed E-state index contributed by atoms with van der Waals surface area (Å²) in [6, 6.07) is 9.34. The highest BCUT2D eigenvalue weighted by atomic mass is 19.4. The average molecular weight is 368 g/mol. The van der Waals surface area contributed by atoms with Gasteiger partial charge in [0.2, 0.25) is 0 Å². The molecule has 140 valence electrons. The summed E-state index contributed by atoms with van der Waals surface area (Å²) >= 11 is 0. The summed E-state index contributed by atoms with van der Waals surface area (Å²) in [5, 5.41) is 3.20. The number of benzene rings is 1. The molecule has 0 aliphatic carbocycles. The molecule has 1 aromatic heterocycles. The van der Waals surface area contributed by atoms with Crippen LogP contribution < -0.4 is 14.8 Å². The fourth-order valence-electron chi connectivity index (χ4n) is 2.78. The van der Waals surface area contributed by atoms with E-state index >= 15 is 0 Å². The zero-order chi connectivity index (χ0) is 18.6. The molecule has 0 bridgehead atoms. The van der Waals surface area contributed by atoms with Crippen LogP contribution in [0.1, 0.15) is 17.4 Å². The van der Waals surface area contributed by atoms with Crippen LogP contribution in [-0.2, 0) is 4.74 Å². The molecule has 26 heavy (non-hydrogen) atoms. The zero-order valence-corrected chi connectivity index (χ0v) is 14.1. The number of halogens is 3. The lowest BCUT2D eigenvalue weighted by Gasteiger charge is -2.32. The maximum atomic E-state index is 12.7. The Bertz CT molecular complexity index is 734. The van der Waals surface area contributed by atoms with Crippen molar-refractivity contribution in [3.8, 4) is 11.5 Å². The van der Waals surface area contributed by atoms with Crippen molar-refractivity contribution in [2.75, 3.05) is 19.7 Å². The van der Waals surface area contributed by atoms with E-state index in [0.717, 1.165) is 5.56 Å². The standard InChI is InChI=1S/C18H19F3N2O3/c1-12-5-4-8-23-16(12)17(15-11-22-9-10-24-15)25-13-6-2-3-7-14(13)26-18(19,20)21/h2-8,15,17,22H,9-11H2,1H3/t15-,17?/m0/s1. The quantitative estimate of drug-likeness (QED) is 0.877. The molecule has 0 radical (unpaired) electrons. The average Bonchev–Trinajstić information content (AvgIpc) is 2.61. The van der Waals surface area contributed by atoms with Crippen LogP contribution in [0.5, 0.6) is 11.5 Å². The van der Waals surface area contributed by atoms with E-state index in [0.29, 0.717) is 25.4 Å². The number of para-hydroxylation sites is 2. The van der Waals surface area contributed by atoms with Gasteiger partial charge in [-0.1, -0.05) is 18.2 Å². The van der Waals surface area contributed by atoms with E-state index in [-0.39, 0.29) is 5.75 Å². The molecular formula is C18H19F3N2O3. The predicted octanol–water partition coefficient (Wildman–Crippen LogP) is 3.40. The van der Waals surface area contributed by atoms with Crippen LogP contribution in [0.25, 0.3) is 0 Å². The monoisotopic (exact) mass is 368 g/mol. The van der Waals surface area contributed by atoms with Crippen LogP contribution in [-0.4, -0.2) is 37.1 Å². The van der Waals surface area contributed by atoms with Crippen LogP contribution in [0, 0.1) is 6.92 Å². The minimum Gasteiger partial charge on any atom is -0.477 e. The lowest BCUT2D eigenvalue weighted by molar-refractivity contribution is -0.275. The molecule has 2 atom stereocenters. The highest BCUT2D eigenvalue weighted by Crippen LogP contribution is 2.36. The number of alkyl halides is 3. The van der Waals surface area contributed by atoms with E-state index in [1.165, 1.54) is 18.2 Å². The summed E-state index contributed by atoms with van der Waals surface area (Å²) in [5.41, 5.74) is 1.48. The summed E-state index contributed by atoms with van der Waals surface area (Å²) in [7, 11) is 0. The van der Waals surface area contributed by atoms with E-state index in [1.807, 2.05) is 13.0 Å². The number of aryl methyl sites for hydroxylation is 1. The van der Waals surface area contributed by atoms with E-state index in [1.54, 1.807) is 18.3 Å². The van der Waals surface area contributed by atoms with Crippen molar-refractivity contribution in [1.29, 1.82) is 0 Å². The van der Waals surface area contributed by atoms with Gasteiger partial charge in [0, 0.05) is 19.3 Å². The third-order valence-electron chi connectivity index (χ3n) is 3.94. The molecule has 1 fully saturated rings. The lowest BCUT2D eigenvalue weighted by Crippen LogP contribution is -2.43. The van der Waals surface area contributed by atoms with Gasteiger partial charge in [-0.3, -0.25) is 4.98 Å². The second kappa shape index (κ2) is 7.92. The molecule has 0 saturated carbocycles. The molecule has 1 unspecified atom stereocenters. The molecule has 1 N–H and O–H groups in total. The Labute approximate surface area is 149 Å². The topological polar surface area (TPSA) is 52.6 Å². The Hall–Kier alpha value is -2.32. The van der Waals surface area contributed by atoms with Gasteiger partial charge in [0.05, 0.1) is 12.3 Å². The Morgan fingerprint density at radius 3 is 2.62 bits per heavy atom. The number of ether oxygens (including phenoxy) is 3. The molecular weight excluding hydrogens is 349 g/mol. The smallest absolute Gasteiger partial charge is 0.477 e. The molecule has 8 heteroatoms. The number of hydrogen-bond acceptors (Lipinski definition) is 5. The maximum Gasteiger partial charge on any atom is 0.573 e. The highest BCUT2D eigenvalue weighted by Gasteiger charge is 2.34. The first kappa shape index (κ1) is 18.5. The highest BCUT2D eigenvalue weighted by molar-refractivity contribution is 5.40. The van der Waals surface area contributed by atoms with Gasteiger partial charge in [-0.15, -0.1) is 13.2 Å². The number of morpholine rings is 1. The van der Waals surface area contributed by atoms with E-state index in [9.17, 15) is 13.2 Å². The first-order valence-corrected chi connectivity index (χ1v) is 8.19. The van der Waals surface area contributed by atoms with Crippen molar-refractivity contribution in [2.24, 2.45) is 0 Å². The molecule has 3 rings (SSSR count). The van der Waals surface area contributed by atoms with Crippen LogP contribution in [0.4, 0.5) is 13.2 Å². The second-order valence-corrected chi connectivity index (χ2v) is 5.85. The first-order valence-electron chi connectivity index (χ1n) is 8.19. The minimum atomic E-state index is -4.81. The van der Waals surface area contributed by atoms with Gasteiger partial charge < -0.3 is 19.5 Å². The summed E-state index contributed by atoms with van der Waals surface area (Å²) < 4.78 is 53.8. The van der Waals surface area contributed by atoms with Crippen molar-refractivity contribution in [2.45, 2.75) is 25.5 Å². The Morgan fingerprint density at radius 1 is 1.19 bits per heavy atom. The van der Waals surface area contributed by atoms with Crippen molar-refractivity contribution >= 4 is 0 Å².